The van der Waals surface area contributed by atoms with Crippen LogP contribution in [-0.4, -0.2) is 17.1 Å². The van der Waals surface area contributed by atoms with Crippen LogP contribution < -0.4 is 5.32 Å². The van der Waals surface area contributed by atoms with Gasteiger partial charge >= 0.3 is 5.97 Å². The molecule has 2 N–H and O–H groups in total. The highest BCUT2D eigenvalue weighted by atomic mass is 19.1. The zero-order valence-corrected chi connectivity index (χ0v) is 9.62. The van der Waals surface area contributed by atoms with Crippen LogP contribution >= 0.6 is 0 Å². The molecule has 0 radical (unpaired) electrons. The Labute approximate surface area is 94.3 Å². The Balaban J connectivity index is 3.06. The molecule has 1 unspecified atom stereocenters. The molecule has 0 heterocycles. The van der Waals surface area contributed by atoms with Crippen LogP contribution in [0.5, 0.6) is 0 Å². The van der Waals surface area contributed by atoms with Crippen molar-refractivity contribution in [1.29, 1.82) is 0 Å². The Morgan fingerprint density at radius 3 is 2.50 bits per heavy atom. The number of benzene rings is 1. The SMILES string of the molecule is CC(C)C(C)Nc1c(F)cccc1C(=O)O. The number of halogens is 1. The zero-order valence-electron chi connectivity index (χ0n) is 9.62. The molecular weight excluding hydrogens is 209 g/mol. The number of nitrogens with one attached hydrogen (secondary N) is 1. The molecule has 1 atom stereocenters. The van der Waals surface area contributed by atoms with Gasteiger partial charge in [0.25, 0.3) is 0 Å². The largest absolute Gasteiger partial charge is 0.478 e. The molecule has 1 rings (SSSR count). The van der Waals surface area contributed by atoms with Gasteiger partial charge in [-0.25, -0.2) is 9.18 Å². The van der Waals surface area contributed by atoms with Crippen LogP contribution in [0.4, 0.5) is 10.1 Å². The van der Waals surface area contributed by atoms with E-state index in [1.165, 1.54) is 18.2 Å². The smallest absolute Gasteiger partial charge is 0.337 e. The van der Waals surface area contributed by atoms with Gasteiger partial charge in [0.05, 0.1) is 11.3 Å². The van der Waals surface area contributed by atoms with Crippen molar-refractivity contribution in [2.75, 3.05) is 5.32 Å². The summed E-state index contributed by atoms with van der Waals surface area (Å²) < 4.78 is 13.5. The lowest BCUT2D eigenvalue weighted by molar-refractivity contribution is 0.0697. The van der Waals surface area contributed by atoms with E-state index in [2.05, 4.69) is 5.32 Å². The van der Waals surface area contributed by atoms with E-state index in [1.807, 2.05) is 20.8 Å². The maximum atomic E-state index is 13.5. The summed E-state index contributed by atoms with van der Waals surface area (Å²) >= 11 is 0. The number of hydrogen-bond donors (Lipinski definition) is 2. The van der Waals surface area contributed by atoms with E-state index in [9.17, 15) is 9.18 Å². The van der Waals surface area contributed by atoms with Crippen LogP contribution in [0.1, 0.15) is 31.1 Å². The van der Waals surface area contributed by atoms with Crippen LogP contribution in [0.25, 0.3) is 0 Å². The topological polar surface area (TPSA) is 49.3 Å². The third kappa shape index (κ3) is 2.72. The molecule has 88 valence electrons. The minimum atomic E-state index is -1.13. The van der Waals surface area contributed by atoms with Crippen molar-refractivity contribution < 1.29 is 14.3 Å². The van der Waals surface area contributed by atoms with Crippen molar-refractivity contribution in [3.05, 3.63) is 29.6 Å². The summed E-state index contributed by atoms with van der Waals surface area (Å²) in [6.45, 7) is 5.86. The summed E-state index contributed by atoms with van der Waals surface area (Å²) in [4.78, 5) is 10.9. The first-order chi connectivity index (χ1) is 7.43. The Kier molecular flexibility index (Phi) is 3.88. The molecular formula is C12H16FNO2. The maximum Gasteiger partial charge on any atom is 0.337 e. The van der Waals surface area contributed by atoms with E-state index in [-0.39, 0.29) is 17.3 Å². The predicted octanol–water partition coefficient (Wildman–Crippen LogP) is 2.98. The van der Waals surface area contributed by atoms with Crippen LogP contribution in [0.15, 0.2) is 18.2 Å². The fourth-order valence-electron chi connectivity index (χ4n) is 1.24. The van der Waals surface area contributed by atoms with Crippen LogP contribution in [0.2, 0.25) is 0 Å². The Morgan fingerprint density at radius 1 is 1.38 bits per heavy atom. The third-order valence-electron chi connectivity index (χ3n) is 2.62. The first kappa shape index (κ1) is 12.5. The van der Waals surface area contributed by atoms with Crippen LogP contribution in [0, 0.1) is 11.7 Å². The molecule has 0 spiro atoms. The van der Waals surface area contributed by atoms with Crippen molar-refractivity contribution in [2.45, 2.75) is 26.8 Å². The van der Waals surface area contributed by atoms with E-state index in [0.717, 1.165) is 0 Å². The van der Waals surface area contributed by atoms with Gasteiger partial charge in [-0.05, 0) is 25.0 Å². The Morgan fingerprint density at radius 2 is 2.00 bits per heavy atom. The fraction of sp³-hybridized carbons (Fsp3) is 0.417. The number of carboxylic acid groups (broad SMARTS) is 1. The second kappa shape index (κ2) is 4.96. The quantitative estimate of drug-likeness (QED) is 0.828. The number of carboxylic acids is 1. The molecule has 0 saturated carbocycles. The first-order valence-electron chi connectivity index (χ1n) is 5.21. The minimum absolute atomic E-state index is 0.00926. The number of aromatic carboxylic acids is 1. The Bertz CT molecular complexity index is 391. The average Bonchev–Trinajstić information content (AvgIpc) is 2.20. The van der Waals surface area contributed by atoms with E-state index >= 15 is 0 Å². The van der Waals surface area contributed by atoms with Crippen molar-refractivity contribution >= 4 is 11.7 Å². The van der Waals surface area contributed by atoms with Gasteiger partial charge in [-0.2, -0.15) is 0 Å². The van der Waals surface area contributed by atoms with E-state index in [4.69, 9.17) is 5.11 Å². The van der Waals surface area contributed by atoms with E-state index < -0.39 is 11.8 Å². The van der Waals surface area contributed by atoms with Gasteiger partial charge in [0, 0.05) is 6.04 Å². The number of rotatable bonds is 4. The minimum Gasteiger partial charge on any atom is -0.478 e. The van der Waals surface area contributed by atoms with Crippen molar-refractivity contribution in [2.24, 2.45) is 5.92 Å². The number of hydrogen-bond acceptors (Lipinski definition) is 2. The first-order valence-corrected chi connectivity index (χ1v) is 5.21. The molecule has 0 fully saturated rings. The predicted molar refractivity (Wildman–Crippen MR) is 61.3 cm³/mol. The normalized spacial score (nSPS) is 12.6. The molecule has 0 aromatic heterocycles. The molecule has 0 aliphatic carbocycles. The van der Waals surface area contributed by atoms with Crippen molar-refractivity contribution in [3.63, 3.8) is 0 Å². The number of carbonyl (C=O) groups is 1. The van der Waals surface area contributed by atoms with E-state index in [1.54, 1.807) is 0 Å². The molecule has 0 saturated heterocycles. The van der Waals surface area contributed by atoms with Gasteiger partial charge < -0.3 is 10.4 Å². The molecule has 16 heavy (non-hydrogen) atoms. The van der Waals surface area contributed by atoms with Gasteiger partial charge in [-0.15, -0.1) is 0 Å². The molecule has 4 heteroatoms. The zero-order chi connectivity index (χ0) is 12.3. The lowest BCUT2D eigenvalue weighted by Gasteiger charge is -2.20. The molecule has 3 nitrogen and oxygen atoms in total. The fourth-order valence-corrected chi connectivity index (χ4v) is 1.24. The van der Waals surface area contributed by atoms with Gasteiger partial charge in [0.1, 0.15) is 5.82 Å². The van der Waals surface area contributed by atoms with Crippen molar-refractivity contribution in [1.82, 2.24) is 0 Å². The lowest BCUT2D eigenvalue weighted by atomic mass is 10.0. The van der Waals surface area contributed by atoms with Crippen LogP contribution in [0.3, 0.4) is 0 Å². The van der Waals surface area contributed by atoms with Crippen molar-refractivity contribution in [3.8, 4) is 0 Å². The highest BCUT2D eigenvalue weighted by molar-refractivity contribution is 5.94. The summed E-state index contributed by atoms with van der Waals surface area (Å²) in [6.07, 6.45) is 0. The van der Waals surface area contributed by atoms with Gasteiger partial charge in [-0.1, -0.05) is 19.9 Å². The summed E-state index contributed by atoms with van der Waals surface area (Å²) in [7, 11) is 0. The van der Waals surface area contributed by atoms with Gasteiger partial charge in [0.15, 0.2) is 0 Å². The molecule has 0 aliphatic heterocycles. The second-order valence-corrected chi connectivity index (χ2v) is 4.14. The maximum absolute atomic E-state index is 13.5. The average molecular weight is 225 g/mol. The molecule has 0 amide bonds. The molecule has 0 aliphatic rings. The summed E-state index contributed by atoms with van der Waals surface area (Å²) in [5.41, 5.74) is 0.0312. The Hall–Kier alpha value is -1.58. The monoisotopic (exact) mass is 225 g/mol. The number of anilines is 1. The molecule has 1 aromatic carbocycles. The summed E-state index contributed by atoms with van der Waals surface area (Å²) in [5, 5.41) is 11.8. The summed E-state index contributed by atoms with van der Waals surface area (Å²) in [5.74, 6) is -1.37. The highest BCUT2D eigenvalue weighted by Gasteiger charge is 2.17. The molecule has 1 aromatic rings. The standard InChI is InChI=1S/C12H16FNO2/c1-7(2)8(3)14-11-9(12(15)16)5-4-6-10(11)13/h4-8,14H,1-3H3,(H,15,16). The lowest BCUT2D eigenvalue weighted by Crippen LogP contribution is -2.23. The highest BCUT2D eigenvalue weighted by Crippen LogP contribution is 2.22. The molecule has 0 bridgehead atoms. The van der Waals surface area contributed by atoms with Crippen LogP contribution in [-0.2, 0) is 0 Å². The van der Waals surface area contributed by atoms with E-state index in [0.29, 0.717) is 5.92 Å². The van der Waals surface area contributed by atoms with Gasteiger partial charge in [-0.3, -0.25) is 0 Å². The van der Waals surface area contributed by atoms with Gasteiger partial charge in [0.2, 0.25) is 0 Å². The number of para-hydroxylation sites is 1. The third-order valence-corrected chi connectivity index (χ3v) is 2.62. The second-order valence-electron chi connectivity index (χ2n) is 4.14. The summed E-state index contributed by atoms with van der Waals surface area (Å²) in [6, 6.07) is 4.04.